The van der Waals surface area contributed by atoms with Crippen molar-refractivity contribution in [1.82, 2.24) is 0 Å². The van der Waals surface area contributed by atoms with E-state index in [1.54, 1.807) is 13.0 Å². The summed E-state index contributed by atoms with van der Waals surface area (Å²) in [5.74, 6) is -0.410. The molecule has 0 radical (unpaired) electrons. The molecule has 27 heavy (non-hydrogen) atoms. The van der Waals surface area contributed by atoms with E-state index in [1.165, 1.54) is 0 Å². The van der Waals surface area contributed by atoms with Crippen molar-refractivity contribution in [3.8, 4) is 5.75 Å². The van der Waals surface area contributed by atoms with Gasteiger partial charge in [-0.3, -0.25) is 4.79 Å². The number of hydrogen-bond donors (Lipinski definition) is 1. The molecule has 0 bridgehead atoms. The molecule has 0 aliphatic heterocycles. The van der Waals surface area contributed by atoms with Crippen LogP contribution in [0.4, 0.5) is 5.69 Å². The summed E-state index contributed by atoms with van der Waals surface area (Å²) in [6, 6.07) is 20.8. The van der Waals surface area contributed by atoms with E-state index in [-0.39, 0.29) is 6.61 Å². The Balaban J connectivity index is 1.54. The highest BCUT2D eigenvalue weighted by Gasteiger charge is 2.18. The molecule has 1 amide bonds. The highest BCUT2D eigenvalue weighted by Crippen LogP contribution is 2.22. The van der Waals surface area contributed by atoms with Crippen molar-refractivity contribution in [1.29, 1.82) is 0 Å². The molecule has 0 fully saturated rings. The van der Waals surface area contributed by atoms with Gasteiger partial charge in [0.15, 0.2) is 12.7 Å². The van der Waals surface area contributed by atoms with Crippen molar-refractivity contribution in [2.75, 3.05) is 11.9 Å². The second-order valence-electron chi connectivity index (χ2n) is 6.26. The molecular weight excluding hydrogens is 342 g/mol. The monoisotopic (exact) mass is 363 g/mol. The highest BCUT2D eigenvalue weighted by atomic mass is 16.6. The fraction of sp³-hybridized carbons (Fsp3) is 0.182. The van der Waals surface area contributed by atoms with Crippen molar-refractivity contribution in [3.63, 3.8) is 0 Å². The number of carbonyl (C=O) groups is 2. The lowest BCUT2D eigenvalue weighted by molar-refractivity contribution is -0.153. The van der Waals surface area contributed by atoms with Crippen molar-refractivity contribution in [2.24, 2.45) is 0 Å². The van der Waals surface area contributed by atoms with E-state index in [9.17, 15) is 9.59 Å². The Hall–Kier alpha value is -3.34. The lowest BCUT2D eigenvalue weighted by Gasteiger charge is -2.14. The van der Waals surface area contributed by atoms with Crippen LogP contribution >= 0.6 is 0 Å². The molecular formula is C22H21NO4. The first-order chi connectivity index (χ1) is 13.0. The van der Waals surface area contributed by atoms with Gasteiger partial charge in [0.2, 0.25) is 0 Å². The summed E-state index contributed by atoms with van der Waals surface area (Å²) in [5.41, 5.74) is 1.71. The Morgan fingerprint density at radius 1 is 1.00 bits per heavy atom. The number of anilines is 1. The van der Waals surface area contributed by atoms with Gasteiger partial charge in [-0.1, -0.05) is 48.5 Å². The third kappa shape index (κ3) is 4.85. The molecule has 5 nitrogen and oxygen atoms in total. The first-order valence-corrected chi connectivity index (χ1v) is 8.70. The smallest absolute Gasteiger partial charge is 0.347 e. The standard InChI is InChI=1S/C22H21NO4/c1-15-7-5-10-18(13-15)27-16(2)22(25)26-14-21(24)23-20-12-6-9-17-8-3-4-11-19(17)20/h3-13,16H,14H2,1-2H3,(H,23,24)/t16-/m1/s1. The summed E-state index contributed by atoms with van der Waals surface area (Å²) in [4.78, 5) is 24.2. The maximum absolute atomic E-state index is 12.2. The molecule has 0 unspecified atom stereocenters. The summed E-state index contributed by atoms with van der Waals surface area (Å²) in [6.45, 7) is 3.16. The molecule has 3 aromatic rings. The van der Waals surface area contributed by atoms with Crippen LogP contribution in [-0.4, -0.2) is 24.6 Å². The number of nitrogens with one attached hydrogen (secondary N) is 1. The average molecular weight is 363 g/mol. The van der Waals surface area contributed by atoms with Gasteiger partial charge in [-0.2, -0.15) is 0 Å². The van der Waals surface area contributed by atoms with Crippen LogP contribution in [0.3, 0.4) is 0 Å². The van der Waals surface area contributed by atoms with Gasteiger partial charge in [0, 0.05) is 11.1 Å². The van der Waals surface area contributed by atoms with Crippen LogP contribution in [0.2, 0.25) is 0 Å². The number of benzene rings is 3. The van der Waals surface area contributed by atoms with Crippen molar-refractivity contribution in [3.05, 3.63) is 72.3 Å². The fourth-order valence-electron chi connectivity index (χ4n) is 2.72. The number of esters is 1. The summed E-state index contributed by atoms with van der Waals surface area (Å²) in [6.07, 6.45) is -0.808. The largest absolute Gasteiger partial charge is 0.479 e. The number of amides is 1. The van der Waals surface area contributed by atoms with Crippen LogP contribution in [0.25, 0.3) is 10.8 Å². The average Bonchev–Trinajstić information content (AvgIpc) is 2.66. The number of fused-ring (bicyclic) bond motifs is 1. The number of rotatable bonds is 6. The number of hydrogen-bond acceptors (Lipinski definition) is 4. The molecule has 1 atom stereocenters. The third-order valence-electron chi connectivity index (χ3n) is 4.04. The van der Waals surface area contributed by atoms with Crippen molar-refractivity contribution in [2.45, 2.75) is 20.0 Å². The maximum atomic E-state index is 12.2. The van der Waals surface area contributed by atoms with Gasteiger partial charge in [-0.15, -0.1) is 0 Å². The van der Waals surface area contributed by atoms with E-state index in [4.69, 9.17) is 9.47 Å². The van der Waals surface area contributed by atoms with E-state index in [0.29, 0.717) is 11.4 Å². The molecule has 0 saturated heterocycles. The number of carbonyl (C=O) groups excluding carboxylic acids is 2. The zero-order valence-electron chi connectivity index (χ0n) is 15.3. The van der Waals surface area contributed by atoms with Crippen molar-refractivity contribution >= 4 is 28.3 Å². The van der Waals surface area contributed by atoms with E-state index < -0.39 is 18.0 Å². The molecule has 5 heteroatoms. The minimum atomic E-state index is -0.808. The van der Waals surface area contributed by atoms with Crippen LogP contribution in [0.1, 0.15) is 12.5 Å². The fourth-order valence-corrected chi connectivity index (χ4v) is 2.72. The molecule has 0 spiro atoms. The van der Waals surface area contributed by atoms with E-state index in [2.05, 4.69) is 5.32 Å². The van der Waals surface area contributed by atoms with Crippen LogP contribution < -0.4 is 10.1 Å². The molecule has 3 rings (SSSR count). The lowest BCUT2D eigenvalue weighted by Crippen LogP contribution is -2.29. The summed E-state index contributed by atoms with van der Waals surface area (Å²) in [7, 11) is 0. The van der Waals surface area contributed by atoms with Crippen LogP contribution in [-0.2, 0) is 14.3 Å². The second-order valence-corrected chi connectivity index (χ2v) is 6.26. The Kier molecular flexibility index (Phi) is 5.71. The zero-order chi connectivity index (χ0) is 19.2. The summed E-state index contributed by atoms with van der Waals surface area (Å²) < 4.78 is 10.6. The lowest BCUT2D eigenvalue weighted by atomic mass is 10.1. The first-order valence-electron chi connectivity index (χ1n) is 8.70. The molecule has 0 aliphatic rings. The van der Waals surface area contributed by atoms with Crippen LogP contribution in [0, 0.1) is 6.92 Å². The third-order valence-corrected chi connectivity index (χ3v) is 4.04. The Bertz CT molecular complexity index is 962. The van der Waals surface area contributed by atoms with Crippen LogP contribution in [0.5, 0.6) is 5.75 Å². The topological polar surface area (TPSA) is 64.6 Å². The molecule has 0 aliphatic carbocycles. The molecule has 3 aromatic carbocycles. The van der Waals surface area contributed by atoms with E-state index >= 15 is 0 Å². The Morgan fingerprint density at radius 2 is 1.74 bits per heavy atom. The Labute approximate surface area is 157 Å². The minimum absolute atomic E-state index is 0.371. The Morgan fingerprint density at radius 3 is 2.56 bits per heavy atom. The van der Waals surface area contributed by atoms with Gasteiger partial charge in [-0.05, 0) is 43.0 Å². The molecule has 1 N–H and O–H groups in total. The molecule has 0 saturated carbocycles. The van der Waals surface area contributed by atoms with Crippen molar-refractivity contribution < 1.29 is 19.1 Å². The summed E-state index contributed by atoms with van der Waals surface area (Å²) >= 11 is 0. The van der Waals surface area contributed by atoms with Gasteiger partial charge in [0.1, 0.15) is 5.75 Å². The highest BCUT2D eigenvalue weighted by molar-refractivity contribution is 6.02. The predicted octanol–water partition coefficient (Wildman–Crippen LogP) is 4.10. The normalized spacial score (nSPS) is 11.6. The summed E-state index contributed by atoms with van der Waals surface area (Å²) in [5, 5.41) is 4.73. The van der Waals surface area contributed by atoms with Gasteiger partial charge < -0.3 is 14.8 Å². The van der Waals surface area contributed by atoms with E-state index in [0.717, 1.165) is 16.3 Å². The predicted molar refractivity (Wildman–Crippen MR) is 105 cm³/mol. The molecule has 0 heterocycles. The number of ether oxygens (including phenoxy) is 2. The van der Waals surface area contributed by atoms with Gasteiger partial charge in [0.05, 0.1) is 0 Å². The SMILES string of the molecule is Cc1cccc(O[C@H](C)C(=O)OCC(=O)Nc2cccc3ccccc23)c1. The van der Waals surface area contributed by atoms with Gasteiger partial charge in [-0.25, -0.2) is 4.79 Å². The quantitative estimate of drug-likeness (QED) is 0.670. The second kappa shape index (κ2) is 8.36. The molecule has 0 aromatic heterocycles. The zero-order valence-corrected chi connectivity index (χ0v) is 15.3. The number of aryl methyl sites for hydroxylation is 1. The van der Waals surface area contributed by atoms with Gasteiger partial charge in [0.25, 0.3) is 5.91 Å². The maximum Gasteiger partial charge on any atom is 0.347 e. The van der Waals surface area contributed by atoms with Crippen LogP contribution in [0.15, 0.2) is 66.7 Å². The van der Waals surface area contributed by atoms with E-state index in [1.807, 2.05) is 67.6 Å². The van der Waals surface area contributed by atoms with Gasteiger partial charge >= 0.3 is 5.97 Å². The minimum Gasteiger partial charge on any atom is -0.479 e. The molecule has 138 valence electrons. The first kappa shape index (κ1) is 18.5.